The van der Waals surface area contributed by atoms with E-state index in [4.69, 9.17) is 0 Å². The van der Waals surface area contributed by atoms with Crippen LogP contribution in [0.15, 0.2) is 24.3 Å². The third-order valence-electron chi connectivity index (χ3n) is 5.47. The second-order valence-corrected chi connectivity index (χ2v) is 7.27. The summed E-state index contributed by atoms with van der Waals surface area (Å²) in [5.41, 5.74) is 0.435. The van der Waals surface area contributed by atoms with Crippen LogP contribution in [0.1, 0.15) is 50.5 Å². The minimum absolute atomic E-state index is 0.000520. The van der Waals surface area contributed by atoms with Crippen LogP contribution in [-0.2, 0) is 16.0 Å². The normalized spacial score (nSPS) is 19.6. The maximum absolute atomic E-state index is 13.7. The van der Waals surface area contributed by atoms with Gasteiger partial charge in [0, 0.05) is 25.0 Å². The molecule has 1 heterocycles. The molecule has 2 aliphatic rings. The maximum Gasteiger partial charge on any atom is 0.227 e. The molecule has 0 atom stereocenters. The Labute approximate surface area is 148 Å². The molecule has 0 bridgehead atoms. The molecule has 1 aliphatic heterocycles. The first-order valence-corrected chi connectivity index (χ1v) is 9.45. The summed E-state index contributed by atoms with van der Waals surface area (Å²) in [6, 6.07) is 6.73. The van der Waals surface area contributed by atoms with Crippen molar-refractivity contribution >= 4 is 11.8 Å². The maximum atomic E-state index is 13.7. The van der Waals surface area contributed by atoms with Crippen molar-refractivity contribution in [3.05, 3.63) is 35.6 Å². The summed E-state index contributed by atoms with van der Waals surface area (Å²) in [4.78, 5) is 26.5. The van der Waals surface area contributed by atoms with Gasteiger partial charge in [0.1, 0.15) is 5.82 Å². The van der Waals surface area contributed by atoms with Crippen LogP contribution in [0.25, 0.3) is 0 Å². The lowest BCUT2D eigenvalue weighted by atomic mass is 9.92. The number of nitrogens with one attached hydrogen (secondary N) is 1. The van der Waals surface area contributed by atoms with Crippen molar-refractivity contribution in [2.45, 2.75) is 57.4 Å². The fraction of sp³-hybridized carbons (Fsp3) is 0.600. The number of hydrogen-bond acceptors (Lipinski definition) is 2. The Morgan fingerprint density at radius 3 is 2.40 bits per heavy atom. The standard InChI is InChI=1S/C20H27FN2O2/c21-18-9-5-4-6-16(18)14-19(24)23-12-10-15(11-13-23)20(25)22-17-7-2-1-3-8-17/h4-6,9,15,17H,1-3,7-8,10-14H2,(H,22,25). The molecule has 5 heteroatoms. The fourth-order valence-electron chi connectivity index (χ4n) is 3.87. The molecule has 4 nitrogen and oxygen atoms in total. The molecule has 136 valence electrons. The molecule has 2 fully saturated rings. The summed E-state index contributed by atoms with van der Waals surface area (Å²) >= 11 is 0. The Morgan fingerprint density at radius 1 is 1.04 bits per heavy atom. The van der Waals surface area contributed by atoms with Gasteiger partial charge in [-0.05, 0) is 37.3 Å². The van der Waals surface area contributed by atoms with Gasteiger partial charge in [-0.25, -0.2) is 4.39 Å². The van der Waals surface area contributed by atoms with Gasteiger partial charge >= 0.3 is 0 Å². The van der Waals surface area contributed by atoms with Crippen LogP contribution >= 0.6 is 0 Å². The molecule has 0 radical (unpaired) electrons. The van der Waals surface area contributed by atoms with E-state index in [-0.39, 0.29) is 30.0 Å². The number of benzene rings is 1. The molecule has 1 aliphatic carbocycles. The van der Waals surface area contributed by atoms with Crippen molar-refractivity contribution in [2.24, 2.45) is 5.92 Å². The first-order chi connectivity index (χ1) is 12.1. The van der Waals surface area contributed by atoms with Crippen LogP contribution in [-0.4, -0.2) is 35.8 Å². The molecule has 25 heavy (non-hydrogen) atoms. The number of rotatable bonds is 4. The van der Waals surface area contributed by atoms with Gasteiger partial charge in [0.05, 0.1) is 6.42 Å². The van der Waals surface area contributed by atoms with Gasteiger partial charge in [-0.1, -0.05) is 37.5 Å². The number of nitrogens with zero attached hydrogens (tertiary/aromatic N) is 1. The van der Waals surface area contributed by atoms with Gasteiger partial charge in [0.15, 0.2) is 0 Å². The van der Waals surface area contributed by atoms with Crippen molar-refractivity contribution in [3.8, 4) is 0 Å². The minimum Gasteiger partial charge on any atom is -0.353 e. The molecular formula is C20H27FN2O2. The molecule has 0 unspecified atom stereocenters. The number of amides is 2. The third-order valence-corrected chi connectivity index (χ3v) is 5.47. The Kier molecular flexibility index (Phi) is 6.05. The van der Waals surface area contributed by atoms with Gasteiger partial charge in [-0.15, -0.1) is 0 Å². The molecule has 1 aromatic rings. The monoisotopic (exact) mass is 346 g/mol. The Morgan fingerprint density at radius 2 is 1.72 bits per heavy atom. The van der Waals surface area contributed by atoms with Gasteiger partial charge in [-0.2, -0.15) is 0 Å². The molecule has 1 saturated carbocycles. The second kappa shape index (κ2) is 8.45. The van der Waals surface area contributed by atoms with Crippen LogP contribution in [0.2, 0.25) is 0 Å². The lowest BCUT2D eigenvalue weighted by Gasteiger charge is -2.33. The predicted octanol–water partition coefficient (Wildman–Crippen LogP) is 3.06. The SMILES string of the molecule is O=C(NC1CCCCC1)C1CCN(C(=O)Cc2ccccc2F)CC1. The zero-order valence-corrected chi connectivity index (χ0v) is 14.7. The van der Waals surface area contributed by atoms with E-state index in [1.54, 1.807) is 23.1 Å². The number of carbonyl (C=O) groups is 2. The molecule has 0 spiro atoms. The molecular weight excluding hydrogens is 319 g/mol. The van der Waals surface area contributed by atoms with Crippen molar-refractivity contribution < 1.29 is 14.0 Å². The average molecular weight is 346 g/mol. The smallest absolute Gasteiger partial charge is 0.227 e. The van der Waals surface area contributed by atoms with E-state index >= 15 is 0 Å². The fourth-order valence-corrected chi connectivity index (χ4v) is 3.87. The number of halogens is 1. The zero-order chi connectivity index (χ0) is 17.6. The molecule has 1 saturated heterocycles. The molecule has 1 N–H and O–H groups in total. The van der Waals surface area contributed by atoms with Gasteiger partial charge in [0.25, 0.3) is 0 Å². The molecule has 2 amide bonds. The third kappa shape index (κ3) is 4.80. The van der Waals surface area contributed by atoms with E-state index in [1.165, 1.54) is 25.3 Å². The van der Waals surface area contributed by atoms with Gasteiger partial charge < -0.3 is 10.2 Å². The van der Waals surface area contributed by atoms with E-state index < -0.39 is 0 Å². The topological polar surface area (TPSA) is 49.4 Å². The predicted molar refractivity (Wildman–Crippen MR) is 94.4 cm³/mol. The van der Waals surface area contributed by atoms with Crippen LogP contribution in [0, 0.1) is 11.7 Å². The average Bonchev–Trinajstić information content (AvgIpc) is 2.64. The lowest BCUT2D eigenvalue weighted by molar-refractivity contribution is -0.135. The summed E-state index contributed by atoms with van der Waals surface area (Å²) in [6.45, 7) is 1.16. The van der Waals surface area contributed by atoms with Crippen molar-refractivity contribution in [1.29, 1.82) is 0 Å². The second-order valence-electron chi connectivity index (χ2n) is 7.27. The summed E-state index contributed by atoms with van der Waals surface area (Å²) in [6.07, 6.45) is 7.34. The van der Waals surface area contributed by atoms with Crippen LogP contribution in [0.5, 0.6) is 0 Å². The van der Waals surface area contributed by atoms with E-state index in [2.05, 4.69) is 5.32 Å². The number of hydrogen-bond donors (Lipinski definition) is 1. The summed E-state index contributed by atoms with van der Waals surface area (Å²) in [5.74, 6) is -0.249. The Balaban J connectivity index is 1.45. The highest BCUT2D eigenvalue weighted by Crippen LogP contribution is 2.22. The number of piperidine rings is 1. The molecule has 0 aromatic heterocycles. The van der Waals surface area contributed by atoms with Crippen LogP contribution in [0.4, 0.5) is 4.39 Å². The van der Waals surface area contributed by atoms with E-state index in [0.717, 1.165) is 12.8 Å². The van der Waals surface area contributed by atoms with Gasteiger partial charge in [-0.3, -0.25) is 9.59 Å². The summed E-state index contributed by atoms with van der Waals surface area (Å²) in [7, 11) is 0. The first-order valence-electron chi connectivity index (χ1n) is 9.45. The number of carbonyl (C=O) groups excluding carboxylic acids is 2. The lowest BCUT2D eigenvalue weighted by Crippen LogP contribution is -2.46. The molecule has 3 rings (SSSR count). The Hall–Kier alpha value is -1.91. The van der Waals surface area contributed by atoms with E-state index in [0.29, 0.717) is 37.5 Å². The first kappa shape index (κ1) is 17.9. The highest BCUT2D eigenvalue weighted by Gasteiger charge is 2.29. The van der Waals surface area contributed by atoms with Crippen molar-refractivity contribution in [2.75, 3.05) is 13.1 Å². The highest BCUT2D eigenvalue weighted by molar-refractivity contribution is 5.81. The summed E-state index contributed by atoms with van der Waals surface area (Å²) < 4.78 is 13.7. The highest BCUT2D eigenvalue weighted by atomic mass is 19.1. The molecule has 1 aromatic carbocycles. The van der Waals surface area contributed by atoms with Crippen LogP contribution in [0.3, 0.4) is 0 Å². The number of likely N-dealkylation sites (tertiary alicyclic amines) is 1. The van der Waals surface area contributed by atoms with Crippen LogP contribution < -0.4 is 5.32 Å². The quantitative estimate of drug-likeness (QED) is 0.911. The van der Waals surface area contributed by atoms with E-state index in [9.17, 15) is 14.0 Å². The largest absolute Gasteiger partial charge is 0.353 e. The summed E-state index contributed by atoms with van der Waals surface area (Å²) in [5, 5.41) is 3.19. The Bertz CT molecular complexity index is 605. The van der Waals surface area contributed by atoms with Crippen molar-refractivity contribution in [3.63, 3.8) is 0 Å². The van der Waals surface area contributed by atoms with Gasteiger partial charge in [0.2, 0.25) is 11.8 Å². The van der Waals surface area contributed by atoms with Crippen molar-refractivity contribution in [1.82, 2.24) is 10.2 Å². The minimum atomic E-state index is -0.336. The van der Waals surface area contributed by atoms with E-state index in [1.807, 2.05) is 0 Å². The zero-order valence-electron chi connectivity index (χ0n) is 14.7.